The number of aliphatic hydroxyl groups excluding tert-OH is 2. The zero-order valence-electron chi connectivity index (χ0n) is 35.2. The van der Waals surface area contributed by atoms with E-state index < -0.39 is 0 Å². The van der Waals surface area contributed by atoms with Gasteiger partial charge < -0.3 is 48.1 Å². The summed E-state index contributed by atoms with van der Waals surface area (Å²) in [5, 5.41) is 18.6. The molecule has 7 rings (SSSR count). The molecule has 7 aliphatic rings. The van der Waals surface area contributed by atoms with Gasteiger partial charge in [0.2, 0.25) is 0 Å². The normalized spacial score (nSPS) is 31.0. The number of hydrogen-bond acceptors (Lipinski definition) is 10. The molecule has 2 N–H and O–H groups in total. The van der Waals surface area contributed by atoms with E-state index in [1.165, 1.54) is 44.8 Å². The molecule has 0 aromatic heterocycles. The van der Waals surface area contributed by atoms with Crippen molar-refractivity contribution < 1.29 is 48.1 Å². The van der Waals surface area contributed by atoms with E-state index in [9.17, 15) is 10.2 Å². The lowest BCUT2D eigenvalue weighted by Crippen LogP contribution is -2.46. The van der Waals surface area contributed by atoms with Crippen molar-refractivity contribution >= 4 is 0 Å². The molecule has 5 saturated heterocycles. The van der Waals surface area contributed by atoms with Crippen LogP contribution in [0.1, 0.15) is 139 Å². The maximum atomic E-state index is 9.31. The molecule has 10 heteroatoms. The Bertz CT molecular complexity index is 888. The molecule has 314 valence electrons. The lowest BCUT2D eigenvalue weighted by Gasteiger charge is -2.40. The van der Waals surface area contributed by atoms with Crippen molar-refractivity contribution in [2.75, 3.05) is 59.5 Å². The molecule has 0 bridgehead atoms. The van der Waals surface area contributed by atoms with E-state index in [-0.39, 0.29) is 17.6 Å². The number of ether oxygens (including phenoxy) is 8. The summed E-state index contributed by atoms with van der Waals surface area (Å²) in [6.45, 7) is 27.5. The fraction of sp³-hybridized carbons (Fsp3) is 0.953. The van der Waals surface area contributed by atoms with Gasteiger partial charge in [0.05, 0.1) is 115 Å². The quantitative estimate of drug-likeness (QED) is 0.0908. The summed E-state index contributed by atoms with van der Waals surface area (Å²) in [4.78, 5) is 0. The minimum Gasteiger partial charge on any atom is -0.502 e. The van der Waals surface area contributed by atoms with E-state index in [1.54, 1.807) is 0 Å². The molecule has 2 aliphatic carbocycles. The fourth-order valence-electron chi connectivity index (χ4n) is 6.35. The highest BCUT2D eigenvalue weighted by Gasteiger charge is 2.44. The monoisotopic (exact) mass is 759 g/mol. The third kappa shape index (κ3) is 20.3. The predicted molar refractivity (Wildman–Crippen MR) is 211 cm³/mol. The summed E-state index contributed by atoms with van der Waals surface area (Å²) in [6, 6.07) is 0. The van der Waals surface area contributed by atoms with Crippen molar-refractivity contribution in [2.45, 2.75) is 188 Å². The smallest absolute Gasteiger partial charge is 0.0870 e. The molecule has 0 spiro atoms. The van der Waals surface area contributed by atoms with Crippen LogP contribution in [0.3, 0.4) is 0 Å². The standard InChI is InChI=1S/C10H18O3.C10H20O3.C7H12O.C7H14O.C5H10O.C4H8O/c1-2-7(11)6-12-8-3-4-9-10(5-8)13-9;1-3-9(11)5-12-6-10(4-2)7-13-8-10;1-5-2-3-6-7(4-5)8-6;1-3-7(4-2)5-8-6-7;1-3-5-6-4-2;1-2-4-3-5-4/h7-11H,2-6H2,1H3;9,11H,3-8H2,1-2H3;5-7H,2-4H2,1H3;3-6H2,1-2H3;4H,2-3,5H2,1H3;4H,2-3H2,1H3. The molecule has 53 heavy (non-hydrogen) atoms. The number of epoxide rings is 3. The first kappa shape index (κ1) is 48.3. The van der Waals surface area contributed by atoms with Crippen LogP contribution in [0.4, 0.5) is 0 Å². The Morgan fingerprint density at radius 2 is 1.28 bits per heavy atom. The van der Waals surface area contributed by atoms with Crippen molar-refractivity contribution in [2.24, 2.45) is 16.7 Å². The van der Waals surface area contributed by atoms with Crippen molar-refractivity contribution in [1.82, 2.24) is 0 Å². The van der Waals surface area contributed by atoms with Crippen molar-refractivity contribution in [3.05, 3.63) is 12.8 Å². The van der Waals surface area contributed by atoms with E-state index in [1.807, 2.05) is 13.8 Å². The van der Waals surface area contributed by atoms with Crippen LogP contribution in [-0.2, 0) is 37.9 Å². The van der Waals surface area contributed by atoms with Gasteiger partial charge in [-0.05, 0) is 83.0 Å². The fourth-order valence-corrected chi connectivity index (χ4v) is 6.35. The highest BCUT2D eigenvalue weighted by atomic mass is 16.6. The third-order valence-electron chi connectivity index (χ3n) is 11.6. The Labute approximate surface area is 324 Å². The molecule has 0 aromatic rings. The molecule has 7 fully saturated rings. The average Bonchev–Trinajstić information content (AvgIpc) is 4.02. The van der Waals surface area contributed by atoms with Crippen LogP contribution in [0.2, 0.25) is 0 Å². The van der Waals surface area contributed by atoms with Gasteiger partial charge in [0.15, 0.2) is 0 Å². The molecule has 5 heterocycles. The molecular weight excluding hydrogens is 676 g/mol. The highest BCUT2D eigenvalue weighted by Crippen LogP contribution is 2.39. The summed E-state index contributed by atoms with van der Waals surface area (Å²) in [6.07, 6.45) is 18.9. The first-order chi connectivity index (χ1) is 25.5. The van der Waals surface area contributed by atoms with Gasteiger partial charge in [-0.15, -0.1) is 0 Å². The van der Waals surface area contributed by atoms with Crippen LogP contribution in [0, 0.1) is 16.7 Å². The van der Waals surface area contributed by atoms with Gasteiger partial charge in [-0.1, -0.05) is 62.0 Å². The van der Waals surface area contributed by atoms with Gasteiger partial charge in [0.1, 0.15) is 0 Å². The predicted octanol–water partition coefficient (Wildman–Crippen LogP) is 8.04. The number of hydrogen-bond donors (Lipinski definition) is 2. The minimum absolute atomic E-state index is 0.244. The molecular formula is C43H82O10. The van der Waals surface area contributed by atoms with E-state index in [0.29, 0.717) is 55.3 Å². The van der Waals surface area contributed by atoms with Crippen molar-refractivity contribution in [3.8, 4) is 0 Å². The van der Waals surface area contributed by atoms with E-state index in [2.05, 4.69) is 48.1 Å². The second-order valence-corrected chi connectivity index (χ2v) is 16.2. The largest absolute Gasteiger partial charge is 0.502 e. The van der Waals surface area contributed by atoms with Crippen molar-refractivity contribution in [3.63, 3.8) is 0 Å². The molecule has 0 aromatic carbocycles. The van der Waals surface area contributed by atoms with Crippen LogP contribution in [0.25, 0.3) is 0 Å². The molecule has 10 nitrogen and oxygen atoms in total. The van der Waals surface area contributed by atoms with Gasteiger partial charge >= 0.3 is 0 Å². The maximum Gasteiger partial charge on any atom is 0.0870 e. The van der Waals surface area contributed by atoms with E-state index in [4.69, 9.17) is 37.9 Å². The number of fused-ring (bicyclic) bond motifs is 2. The molecule has 0 amide bonds. The average molecular weight is 759 g/mol. The Balaban J connectivity index is 0.000000227. The number of rotatable bonds is 16. The van der Waals surface area contributed by atoms with Gasteiger partial charge in [0, 0.05) is 17.3 Å². The van der Waals surface area contributed by atoms with Gasteiger partial charge in [0.25, 0.3) is 0 Å². The Morgan fingerprint density at radius 1 is 0.736 bits per heavy atom. The van der Waals surface area contributed by atoms with Gasteiger partial charge in [-0.3, -0.25) is 0 Å². The van der Waals surface area contributed by atoms with Crippen LogP contribution < -0.4 is 0 Å². The second kappa shape index (κ2) is 26.9. The van der Waals surface area contributed by atoms with E-state index in [0.717, 1.165) is 97.1 Å². The molecule has 9 atom stereocenters. The van der Waals surface area contributed by atoms with Gasteiger partial charge in [-0.2, -0.15) is 0 Å². The summed E-state index contributed by atoms with van der Waals surface area (Å²) < 4.78 is 41.7. The van der Waals surface area contributed by atoms with Crippen molar-refractivity contribution in [1.29, 1.82) is 0 Å². The first-order valence-electron chi connectivity index (χ1n) is 21.4. The molecule has 5 aliphatic heterocycles. The first-order valence-corrected chi connectivity index (χ1v) is 21.4. The Hall–Kier alpha value is -0.820. The van der Waals surface area contributed by atoms with Crippen LogP contribution >= 0.6 is 0 Å². The second-order valence-electron chi connectivity index (χ2n) is 16.2. The number of aliphatic hydroxyl groups is 2. The lowest BCUT2D eigenvalue weighted by molar-refractivity contribution is -0.155. The Kier molecular flexibility index (Phi) is 24.6. The maximum absolute atomic E-state index is 9.31. The van der Waals surface area contributed by atoms with Crippen LogP contribution in [-0.4, -0.2) is 119 Å². The minimum atomic E-state index is -0.310. The molecule has 0 radical (unpaired) electrons. The zero-order chi connectivity index (χ0) is 39.1. The topological polar surface area (TPSA) is 124 Å². The summed E-state index contributed by atoms with van der Waals surface area (Å²) in [7, 11) is 0. The summed E-state index contributed by atoms with van der Waals surface area (Å²) >= 11 is 0. The molecule has 9 unspecified atom stereocenters. The van der Waals surface area contributed by atoms with E-state index >= 15 is 0 Å². The zero-order valence-corrected chi connectivity index (χ0v) is 35.2. The summed E-state index contributed by atoms with van der Waals surface area (Å²) in [5.74, 6) is 0.929. The van der Waals surface area contributed by atoms with Gasteiger partial charge in [-0.25, -0.2) is 0 Å². The Morgan fingerprint density at radius 3 is 1.62 bits per heavy atom. The molecule has 2 saturated carbocycles. The summed E-state index contributed by atoms with van der Waals surface area (Å²) in [5.41, 5.74) is 0.827. The lowest BCUT2D eigenvalue weighted by atomic mass is 9.81. The van der Waals surface area contributed by atoms with Crippen LogP contribution in [0.5, 0.6) is 0 Å². The SMILES string of the molecule is C=COCCC.CC1CCC2OC2C1.CCC(O)COC1CCC2OC2C1.CCC(O)COCC1(CC)COC1.CCC1(CC)COC1.CCC1CO1. The van der Waals surface area contributed by atoms with Crippen LogP contribution in [0.15, 0.2) is 12.8 Å². The third-order valence-corrected chi connectivity index (χ3v) is 11.6. The highest BCUT2D eigenvalue weighted by molar-refractivity contribution is 4.92.